The zero-order valence-corrected chi connectivity index (χ0v) is 16.1. The molecule has 3 rings (SSSR count). The minimum absolute atomic E-state index is 0.172. The van der Waals surface area contributed by atoms with E-state index in [0.717, 1.165) is 22.0 Å². The summed E-state index contributed by atoms with van der Waals surface area (Å²) in [5.41, 5.74) is 2.63. The summed E-state index contributed by atoms with van der Waals surface area (Å²) in [6.07, 6.45) is 2.24. The summed E-state index contributed by atoms with van der Waals surface area (Å²) in [7, 11) is 1.82. The standard InChI is InChI=1S/C20H21N3O3S/c1-14-10-17(24)18(11-23(14)2)26-12-19(25)21-9-8-20-22-16(13-27-20)15-6-4-3-5-7-15/h3-7,10-11,13H,8-9,12H2,1-2H3,(H,21,25). The highest BCUT2D eigenvalue weighted by atomic mass is 32.1. The van der Waals surface area contributed by atoms with E-state index < -0.39 is 0 Å². The third-order valence-electron chi connectivity index (χ3n) is 4.09. The van der Waals surface area contributed by atoms with Crippen molar-refractivity contribution in [3.8, 4) is 17.0 Å². The smallest absolute Gasteiger partial charge is 0.257 e. The molecule has 0 fully saturated rings. The van der Waals surface area contributed by atoms with Gasteiger partial charge in [-0.3, -0.25) is 9.59 Å². The molecule has 0 radical (unpaired) electrons. The molecule has 140 valence electrons. The van der Waals surface area contributed by atoms with Gasteiger partial charge in [0.25, 0.3) is 5.91 Å². The zero-order valence-electron chi connectivity index (χ0n) is 15.3. The molecule has 2 aromatic heterocycles. The average Bonchev–Trinajstić information content (AvgIpc) is 3.13. The van der Waals surface area contributed by atoms with Crippen molar-refractivity contribution in [2.45, 2.75) is 13.3 Å². The summed E-state index contributed by atoms with van der Waals surface area (Å²) in [4.78, 5) is 28.4. The van der Waals surface area contributed by atoms with E-state index in [-0.39, 0.29) is 23.7 Å². The molecule has 0 spiro atoms. The Bertz CT molecular complexity index is 980. The van der Waals surface area contributed by atoms with Gasteiger partial charge in [0.05, 0.1) is 10.7 Å². The Morgan fingerprint density at radius 2 is 2.07 bits per heavy atom. The van der Waals surface area contributed by atoms with Gasteiger partial charge in [0.2, 0.25) is 5.43 Å². The molecule has 0 aliphatic heterocycles. The maximum absolute atomic E-state index is 11.9. The number of nitrogens with zero attached hydrogens (tertiary/aromatic N) is 2. The van der Waals surface area contributed by atoms with E-state index in [4.69, 9.17) is 4.74 Å². The molecular weight excluding hydrogens is 362 g/mol. The second kappa shape index (κ2) is 8.64. The van der Waals surface area contributed by atoms with Gasteiger partial charge in [0, 0.05) is 48.9 Å². The highest BCUT2D eigenvalue weighted by Crippen LogP contribution is 2.21. The summed E-state index contributed by atoms with van der Waals surface area (Å²) in [6, 6.07) is 11.5. The first-order valence-corrected chi connectivity index (χ1v) is 9.47. The van der Waals surface area contributed by atoms with Gasteiger partial charge in [-0.05, 0) is 6.92 Å². The number of benzene rings is 1. The second-order valence-electron chi connectivity index (χ2n) is 6.14. The molecule has 3 aromatic rings. The molecule has 7 heteroatoms. The molecule has 0 bridgehead atoms. The average molecular weight is 383 g/mol. The SMILES string of the molecule is Cc1cc(=O)c(OCC(=O)NCCc2nc(-c3ccccc3)cs2)cn1C. The Morgan fingerprint density at radius 1 is 1.30 bits per heavy atom. The quantitative estimate of drug-likeness (QED) is 0.681. The Kier molecular flexibility index (Phi) is 6.03. The number of ether oxygens (including phenoxy) is 1. The molecule has 0 saturated heterocycles. The largest absolute Gasteiger partial charge is 0.478 e. The second-order valence-corrected chi connectivity index (χ2v) is 7.08. The molecule has 0 atom stereocenters. The highest BCUT2D eigenvalue weighted by Gasteiger charge is 2.08. The fourth-order valence-electron chi connectivity index (χ4n) is 2.48. The van der Waals surface area contributed by atoms with E-state index >= 15 is 0 Å². The summed E-state index contributed by atoms with van der Waals surface area (Å²) >= 11 is 1.57. The maximum Gasteiger partial charge on any atom is 0.257 e. The molecule has 1 amide bonds. The molecule has 0 unspecified atom stereocenters. The molecule has 2 heterocycles. The van der Waals surface area contributed by atoms with Crippen LogP contribution >= 0.6 is 11.3 Å². The van der Waals surface area contributed by atoms with Gasteiger partial charge in [-0.2, -0.15) is 0 Å². The lowest BCUT2D eigenvalue weighted by Gasteiger charge is -2.09. The first kappa shape index (κ1) is 18.8. The number of nitrogens with one attached hydrogen (secondary N) is 1. The van der Waals surface area contributed by atoms with Gasteiger partial charge in [0.15, 0.2) is 12.4 Å². The van der Waals surface area contributed by atoms with Gasteiger partial charge >= 0.3 is 0 Å². The van der Waals surface area contributed by atoms with Crippen LogP contribution in [0.25, 0.3) is 11.3 Å². The molecule has 0 aliphatic carbocycles. The number of carbonyl (C=O) groups is 1. The molecule has 1 N–H and O–H groups in total. The lowest BCUT2D eigenvalue weighted by molar-refractivity contribution is -0.123. The number of amides is 1. The minimum Gasteiger partial charge on any atom is -0.478 e. The number of rotatable bonds is 7. The molecule has 6 nitrogen and oxygen atoms in total. The normalized spacial score (nSPS) is 10.6. The summed E-state index contributed by atoms with van der Waals surface area (Å²) in [6.45, 7) is 2.11. The summed E-state index contributed by atoms with van der Waals surface area (Å²) in [5, 5.41) is 5.77. The molecular formula is C20H21N3O3S. The van der Waals surface area contributed by atoms with Gasteiger partial charge in [0.1, 0.15) is 0 Å². The molecule has 0 aliphatic rings. The van der Waals surface area contributed by atoms with E-state index in [9.17, 15) is 9.59 Å². The zero-order chi connectivity index (χ0) is 19.2. The van der Waals surface area contributed by atoms with E-state index in [1.54, 1.807) is 22.1 Å². The van der Waals surface area contributed by atoms with Crippen LogP contribution in [0, 0.1) is 6.92 Å². The number of aryl methyl sites for hydroxylation is 2. The Morgan fingerprint density at radius 3 is 2.85 bits per heavy atom. The molecule has 1 aromatic carbocycles. The summed E-state index contributed by atoms with van der Waals surface area (Å²) < 4.78 is 7.12. The highest BCUT2D eigenvalue weighted by molar-refractivity contribution is 7.09. The molecule has 0 saturated carbocycles. The number of aromatic nitrogens is 2. The van der Waals surface area contributed by atoms with Crippen LogP contribution in [0.5, 0.6) is 5.75 Å². The third-order valence-corrected chi connectivity index (χ3v) is 5.00. The van der Waals surface area contributed by atoms with Crippen LogP contribution < -0.4 is 15.5 Å². The number of hydrogen-bond acceptors (Lipinski definition) is 5. The fourth-order valence-corrected chi connectivity index (χ4v) is 3.29. The van der Waals surface area contributed by atoms with Crippen molar-refractivity contribution in [2.75, 3.05) is 13.2 Å². The maximum atomic E-state index is 11.9. The summed E-state index contributed by atoms with van der Waals surface area (Å²) in [5.74, 6) is -0.0943. The van der Waals surface area contributed by atoms with Crippen LogP contribution in [0.2, 0.25) is 0 Å². The predicted molar refractivity (Wildman–Crippen MR) is 106 cm³/mol. The van der Waals surface area contributed by atoms with Crippen molar-refractivity contribution in [3.63, 3.8) is 0 Å². The van der Waals surface area contributed by atoms with Crippen molar-refractivity contribution in [2.24, 2.45) is 7.05 Å². The number of pyridine rings is 1. The van der Waals surface area contributed by atoms with Crippen molar-refractivity contribution in [3.05, 3.63) is 68.9 Å². The Balaban J connectivity index is 1.46. The third kappa shape index (κ3) is 5.04. The van der Waals surface area contributed by atoms with Crippen LogP contribution in [0.1, 0.15) is 10.7 Å². The number of hydrogen-bond donors (Lipinski definition) is 1. The Labute approximate surface area is 161 Å². The topological polar surface area (TPSA) is 73.2 Å². The van der Waals surface area contributed by atoms with Crippen LogP contribution in [0.3, 0.4) is 0 Å². The van der Waals surface area contributed by atoms with Crippen molar-refractivity contribution in [1.29, 1.82) is 0 Å². The number of thiazole rings is 1. The van der Waals surface area contributed by atoms with Crippen molar-refractivity contribution >= 4 is 17.2 Å². The van der Waals surface area contributed by atoms with Crippen LogP contribution in [0.4, 0.5) is 0 Å². The number of carbonyl (C=O) groups excluding carboxylic acids is 1. The Hall–Kier alpha value is -2.93. The predicted octanol–water partition coefficient (Wildman–Crippen LogP) is 2.55. The molecule has 27 heavy (non-hydrogen) atoms. The van der Waals surface area contributed by atoms with E-state index in [1.165, 1.54) is 6.07 Å². The van der Waals surface area contributed by atoms with Crippen LogP contribution in [-0.4, -0.2) is 28.6 Å². The minimum atomic E-state index is -0.266. The lowest BCUT2D eigenvalue weighted by Crippen LogP contribution is -2.31. The first-order valence-electron chi connectivity index (χ1n) is 8.59. The first-order chi connectivity index (χ1) is 13.0. The van der Waals surface area contributed by atoms with Crippen LogP contribution in [-0.2, 0) is 18.3 Å². The van der Waals surface area contributed by atoms with Crippen molar-refractivity contribution < 1.29 is 9.53 Å². The van der Waals surface area contributed by atoms with E-state index in [1.807, 2.05) is 49.7 Å². The van der Waals surface area contributed by atoms with E-state index in [0.29, 0.717) is 13.0 Å². The monoisotopic (exact) mass is 383 g/mol. The van der Waals surface area contributed by atoms with Crippen molar-refractivity contribution in [1.82, 2.24) is 14.9 Å². The van der Waals surface area contributed by atoms with Gasteiger partial charge in [-0.15, -0.1) is 11.3 Å². The van der Waals surface area contributed by atoms with Gasteiger partial charge < -0.3 is 14.6 Å². The van der Waals surface area contributed by atoms with Gasteiger partial charge in [-0.1, -0.05) is 30.3 Å². The lowest BCUT2D eigenvalue weighted by atomic mass is 10.2. The fraction of sp³-hybridized carbons (Fsp3) is 0.250. The van der Waals surface area contributed by atoms with Crippen LogP contribution in [0.15, 0.2) is 52.8 Å². The van der Waals surface area contributed by atoms with E-state index in [2.05, 4.69) is 10.3 Å². The van der Waals surface area contributed by atoms with Gasteiger partial charge in [-0.25, -0.2) is 4.98 Å².